The predicted molar refractivity (Wildman–Crippen MR) is 86.9 cm³/mol. The molecule has 2 aromatic rings. The molecule has 0 aliphatic carbocycles. The molecule has 20 heavy (non-hydrogen) atoms. The maximum Gasteiger partial charge on any atom is 0.173 e. The van der Waals surface area contributed by atoms with Crippen LogP contribution in [0.1, 0.15) is 32.6 Å². The maximum absolute atomic E-state index is 12.3. The molecule has 0 spiro atoms. The van der Waals surface area contributed by atoms with Gasteiger partial charge in [-0.05, 0) is 62.6 Å². The zero-order valence-electron chi connectivity index (χ0n) is 12.5. The molecule has 2 rings (SSSR count). The van der Waals surface area contributed by atoms with Crippen molar-refractivity contribution < 1.29 is 4.79 Å². The van der Waals surface area contributed by atoms with Gasteiger partial charge in [0, 0.05) is 10.5 Å². The number of rotatable bonds is 4. The van der Waals surface area contributed by atoms with Crippen molar-refractivity contribution in [2.45, 2.75) is 32.6 Å². The van der Waals surface area contributed by atoms with Gasteiger partial charge in [-0.3, -0.25) is 4.79 Å². The highest BCUT2D eigenvalue weighted by Gasteiger charge is 2.10. The summed E-state index contributed by atoms with van der Waals surface area (Å²) in [7, 11) is 0. The Morgan fingerprint density at radius 2 is 1.60 bits per heavy atom. The third-order valence-corrected chi connectivity index (χ3v) is 4.54. The number of thioether (sulfide) groups is 1. The quantitative estimate of drug-likeness (QED) is 0.587. The number of ketones is 1. The maximum atomic E-state index is 12.3. The minimum atomic E-state index is 0.203. The summed E-state index contributed by atoms with van der Waals surface area (Å²) < 4.78 is 0. The average molecular weight is 284 g/mol. The van der Waals surface area contributed by atoms with Crippen LogP contribution < -0.4 is 0 Å². The molecular formula is C18H20OS. The Kier molecular flexibility index (Phi) is 4.66. The van der Waals surface area contributed by atoms with Crippen molar-refractivity contribution in [2.75, 3.05) is 5.75 Å². The number of benzene rings is 2. The minimum Gasteiger partial charge on any atom is -0.293 e. The minimum absolute atomic E-state index is 0.203. The van der Waals surface area contributed by atoms with Crippen LogP contribution in [0.2, 0.25) is 0 Å². The van der Waals surface area contributed by atoms with Crippen molar-refractivity contribution in [3.63, 3.8) is 0 Å². The number of aryl methyl sites for hydroxylation is 4. The van der Waals surface area contributed by atoms with E-state index in [0.29, 0.717) is 5.75 Å². The Labute approximate surface area is 125 Å². The molecular weight excluding hydrogens is 264 g/mol. The molecule has 0 N–H and O–H groups in total. The molecule has 0 bridgehead atoms. The van der Waals surface area contributed by atoms with E-state index in [1.54, 1.807) is 11.8 Å². The van der Waals surface area contributed by atoms with E-state index in [-0.39, 0.29) is 5.78 Å². The number of carbonyl (C=O) groups is 1. The van der Waals surface area contributed by atoms with E-state index < -0.39 is 0 Å². The SMILES string of the molecule is Cc1ccc(C)c(C(=O)CSc2ccc(C)c(C)c2)c1. The third kappa shape index (κ3) is 3.51. The van der Waals surface area contributed by atoms with Crippen molar-refractivity contribution >= 4 is 17.5 Å². The molecule has 0 amide bonds. The van der Waals surface area contributed by atoms with Crippen LogP contribution in [0, 0.1) is 27.7 Å². The zero-order chi connectivity index (χ0) is 14.7. The van der Waals surface area contributed by atoms with Gasteiger partial charge < -0.3 is 0 Å². The van der Waals surface area contributed by atoms with E-state index in [1.165, 1.54) is 11.1 Å². The van der Waals surface area contributed by atoms with Gasteiger partial charge in [0.1, 0.15) is 0 Å². The van der Waals surface area contributed by atoms with Gasteiger partial charge in [-0.2, -0.15) is 0 Å². The molecule has 0 saturated carbocycles. The van der Waals surface area contributed by atoms with Crippen LogP contribution in [0.4, 0.5) is 0 Å². The fourth-order valence-corrected chi connectivity index (χ4v) is 2.94. The fraction of sp³-hybridized carbons (Fsp3) is 0.278. The van der Waals surface area contributed by atoms with Crippen LogP contribution in [0.5, 0.6) is 0 Å². The molecule has 2 heteroatoms. The number of hydrogen-bond acceptors (Lipinski definition) is 2. The largest absolute Gasteiger partial charge is 0.293 e. The number of carbonyl (C=O) groups excluding carboxylic acids is 1. The molecule has 1 nitrogen and oxygen atoms in total. The first-order valence-corrected chi connectivity index (χ1v) is 7.76. The summed E-state index contributed by atoms with van der Waals surface area (Å²) in [5, 5.41) is 0. The second-order valence-electron chi connectivity index (χ2n) is 5.28. The molecule has 2 aromatic carbocycles. The van der Waals surface area contributed by atoms with Crippen molar-refractivity contribution in [1.82, 2.24) is 0 Å². The smallest absolute Gasteiger partial charge is 0.173 e. The van der Waals surface area contributed by atoms with E-state index in [1.807, 2.05) is 32.0 Å². The molecule has 0 saturated heterocycles. The molecule has 104 valence electrons. The summed E-state index contributed by atoms with van der Waals surface area (Å²) in [6.45, 7) is 8.22. The lowest BCUT2D eigenvalue weighted by atomic mass is 10.0. The first-order valence-electron chi connectivity index (χ1n) is 6.78. The normalized spacial score (nSPS) is 10.6. The number of hydrogen-bond donors (Lipinski definition) is 0. The van der Waals surface area contributed by atoms with Crippen LogP contribution >= 0.6 is 11.8 Å². The lowest BCUT2D eigenvalue weighted by Gasteiger charge is -2.07. The van der Waals surface area contributed by atoms with E-state index in [9.17, 15) is 4.79 Å². The topological polar surface area (TPSA) is 17.1 Å². The second kappa shape index (κ2) is 6.27. The Bertz CT molecular complexity index is 644. The third-order valence-electron chi connectivity index (χ3n) is 3.54. The van der Waals surface area contributed by atoms with Crippen molar-refractivity contribution in [3.05, 3.63) is 64.2 Å². The van der Waals surface area contributed by atoms with E-state index in [4.69, 9.17) is 0 Å². The molecule has 0 aliphatic rings. The Hall–Kier alpha value is -1.54. The van der Waals surface area contributed by atoms with Crippen molar-refractivity contribution in [3.8, 4) is 0 Å². The van der Waals surface area contributed by atoms with Gasteiger partial charge in [-0.1, -0.05) is 23.8 Å². The van der Waals surface area contributed by atoms with Gasteiger partial charge in [-0.15, -0.1) is 11.8 Å². The van der Waals surface area contributed by atoms with Gasteiger partial charge in [-0.25, -0.2) is 0 Å². The van der Waals surface area contributed by atoms with Crippen LogP contribution in [0.15, 0.2) is 41.3 Å². The summed E-state index contributed by atoms with van der Waals surface area (Å²) >= 11 is 1.61. The summed E-state index contributed by atoms with van der Waals surface area (Å²) in [6, 6.07) is 12.4. The van der Waals surface area contributed by atoms with Crippen LogP contribution in [-0.2, 0) is 0 Å². The first-order chi connectivity index (χ1) is 9.47. The van der Waals surface area contributed by atoms with E-state index >= 15 is 0 Å². The summed E-state index contributed by atoms with van der Waals surface area (Å²) in [6.07, 6.45) is 0. The fourth-order valence-electron chi connectivity index (χ4n) is 2.07. The van der Waals surface area contributed by atoms with Crippen LogP contribution in [0.3, 0.4) is 0 Å². The Morgan fingerprint density at radius 3 is 2.30 bits per heavy atom. The van der Waals surface area contributed by atoms with Gasteiger partial charge in [0.15, 0.2) is 5.78 Å². The van der Waals surface area contributed by atoms with Gasteiger partial charge in [0.05, 0.1) is 5.75 Å². The Balaban J connectivity index is 2.08. The highest BCUT2D eigenvalue weighted by atomic mass is 32.2. The van der Waals surface area contributed by atoms with Crippen molar-refractivity contribution in [2.24, 2.45) is 0 Å². The highest BCUT2D eigenvalue weighted by molar-refractivity contribution is 8.00. The van der Waals surface area contributed by atoms with E-state index in [0.717, 1.165) is 21.6 Å². The predicted octanol–water partition coefficient (Wildman–Crippen LogP) is 4.90. The standard InChI is InChI=1S/C18H20OS/c1-12-5-6-14(3)17(9-12)18(19)11-20-16-8-7-13(2)15(4)10-16/h5-10H,11H2,1-4H3. The van der Waals surface area contributed by atoms with E-state index in [2.05, 4.69) is 32.0 Å². The summed E-state index contributed by atoms with van der Waals surface area (Å²) in [5.41, 5.74) is 5.60. The van der Waals surface area contributed by atoms with Crippen LogP contribution in [-0.4, -0.2) is 11.5 Å². The lowest BCUT2D eigenvalue weighted by Crippen LogP contribution is -2.05. The molecule has 0 aliphatic heterocycles. The van der Waals surface area contributed by atoms with Gasteiger partial charge >= 0.3 is 0 Å². The average Bonchev–Trinajstić information content (AvgIpc) is 2.42. The lowest BCUT2D eigenvalue weighted by molar-refractivity contribution is 0.102. The summed E-state index contributed by atoms with van der Waals surface area (Å²) in [4.78, 5) is 13.5. The zero-order valence-corrected chi connectivity index (χ0v) is 13.3. The van der Waals surface area contributed by atoms with Crippen LogP contribution in [0.25, 0.3) is 0 Å². The first kappa shape index (κ1) is 14.9. The second-order valence-corrected chi connectivity index (χ2v) is 6.33. The van der Waals surface area contributed by atoms with Crippen molar-refractivity contribution in [1.29, 1.82) is 0 Å². The van der Waals surface area contributed by atoms with Gasteiger partial charge in [0.2, 0.25) is 0 Å². The Morgan fingerprint density at radius 1 is 0.900 bits per heavy atom. The highest BCUT2D eigenvalue weighted by Crippen LogP contribution is 2.23. The molecule has 0 fully saturated rings. The molecule has 0 heterocycles. The molecule has 0 unspecified atom stereocenters. The molecule has 0 aromatic heterocycles. The summed E-state index contributed by atoms with van der Waals surface area (Å²) in [5.74, 6) is 0.696. The van der Waals surface area contributed by atoms with Gasteiger partial charge in [0.25, 0.3) is 0 Å². The molecule has 0 radical (unpaired) electrons. The molecule has 0 atom stereocenters. The number of Topliss-reactive ketones (excluding diaryl/α,β-unsaturated/α-hetero) is 1. The monoisotopic (exact) mass is 284 g/mol.